The van der Waals surface area contributed by atoms with E-state index >= 15 is 0 Å². The minimum absolute atomic E-state index is 0.153. The fourth-order valence-electron chi connectivity index (χ4n) is 3.19. The van der Waals surface area contributed by atoms with Crippen molar-refractivity contribution in [3.8, 4) is 0 Å². The lowest BCUT2D eigenvalue weighted by molar-refractivity contribution is -0.132. The van der Waals surface area contributed by atoms with Crippen LogP contribution in [0.5, 0.6) is 0 Å². The summed E-state index contributed by atoms with van der Waals surface area (Å²) in [5, 5.41) is 1.02. The van der Waals surface area contributed by atoms with Crippen LogP contribution < -0.4 is 0 Å². The van der Waals surface area contributed by atoms with E-state index in [0.717, 1.165) is 51.3 Å². The standard InChI is InChI=1S/C17H22Cl2N2O2/c18-15-4-3-13(10-16(15)19)11-17(22)21-7-5-20(6-8-21)12-14-2-1-9-23-14/h3-4,10,14H,1-2,5-9,11-12H2/t14-/m0/s1. The Labute approximate surface area is 147 Å². The first-order valence-electron chi connectivity index (χ1n) is 8.17. The number of hydrogen-bond acceptors (Lipinski definition) is 3. The van der Waals surface area contributed by atoms with Crippen LogP contribution >= 0.6 is 23.2 Å². The van der Waals surface area contributed by atoms with E-state index in [0.29, 0.717) is 22.6 Å². The summed E-state index contributed by atoms with van der Waals surface area (Å²) >= 11 is 11.9. The molecule has 23 heavy (non-hydrogen) atoms. The quantitative estimate of drug-likeness (QED) is 0.831. The van der Waals surface area contributed by atoms with E-state index in [1.807, 2.05) is 11.0 Å². The highest BCUT2D eigenvalue weighted by atomic mass is 35.5. The molecule has 0 aliphatic carbocycles. The number of amides is 1. The van der Waals surface area contributed by atoms with Gasteiger partial charge in [0.2, 0.25) is 5.91 Å². The van der Waals surface area contributed by atoms with E-state index in [1.54, 1.807) is 12.1 Å². The maximum absolute atomic E-state index is 12.4. The number of ether oxygens (including phenoxy) is 1. The van der Waals surface area contributed by atoms with Crippen molar-refractivity contribution in [2.45, 2.75) is 25.4 Å². The molecule has 6 heteroatoms. The number of hydrogen-bond donors (Lipinski definition) is 0. The summed E-state index contributed by atoms with van der Waals surface area (Å²) in [6, 6.07) is 5.38. The predicted molar refractivity (Wildman–Crippen MR) is 92.2 cm³/mol. The average Bonchev–Trinajstić information content (AvgIpc) is 3.04. The molecule has 2 aliphatic rings. The van der Waals surface area contributed by atoms with Gasteiger partial charge in [-0.05, 0) is 30.5 Å². The van der Waals surface area contributed by atoms with Crippen molar-refractivity contribution in [2.24, 2.45) is 0 Å². The van der Waals surface area contributed by atoms with Crippen LogP contribution in [0, 0.1) is 0 Å². The highest BCUT2D eigenvalue weighted by molar-refractivity contribution is 6.42. The number of piperazine rings is 1. The molecule has 1 amide bonds. The zero-order valence-electron chi connectivity index (χ0n) is 13.1. The second kappa shape index (κ2) is 7.84. The first kappa shape index (κ1) is 17.0. The van der Waals surface area contributed by atoms with Crippen molar-refractivity contribution in [3.63, 3.8) is 0 Å². The molecule has 126 valence electrons. The summed E-state index contributed by atoms with van der Waals surface area (Å²) < 4.78 is 5.68. The van der Waals surface area contributed by atoms with E-state index in [4.69, 9.17) is 27.9 Å². The van der Waals surface area contributed by atoms with E-state index in [1.165, 1.54) is 6.42 Å². The molecule has 1 atom stereocenters. The second-order valence-corrected chi connectivity index (χ2v) is 7.06. The van der Waals surface area contributed by atoms with Gasteiger partial charge in [-0.3, -0.25) is 9.69 Å². The van der Waals surface area contributed by atoms with Gasteiger partial charge in [0.15, 0.2) is 0 Å². The number of halogens is 2. The summed E-state index contributed by atoms with van der Waals surface area (Å²) in [5.41, 5.74) is 0.909. The van der Waals surface area contributed by atoms with Crippen molar-refractivity contribution in [2.75, 3.05) is 39.3 Å². The topological polar surface area (TPSA) is 32.8 Å². The molecule has 0 N–H and O–H groups in total. The smallest absolute Gasteiger partial charge is 0.227 e. The van der Waals surface area contributed by atoms with Gasteiger partial charge in [-0.15, -0.1) is 0 Å². The Balaban J connectivity index is 1.46. The van der Waals surface area contributed by atoms with E-state index in [-0.39, 0.29) is 5.91 Å². The maximum atomic E-state index is 12.4. The largest absolute Gasteiger partial charge is 0.377 e. The lowest BCUT2D eigenvalue weighted by Gasteiger charge is -2.35. The Morgan fingerprint density at radius 3 is 2.61 bits per heavy atom. The highest BCUT2D eigenvalue weighted by Gasteiger charge is 2.24. The second-order valence-electron chi connectivity index (χ2n) is 6.24. The van der Waals surface area contributed by atoms with Gasteiger partial charge in [0.25, 0.3) is 0 Å². The third-order valence-corrected chi connectivity index (χ3v) is 5.29. The van der Waals surface area contributed by atoms with Crippen molar-refractivity contribution in [1.82, 2.24) is 9.80 Å². The Bertz CT molecular complexity index is 554. The third kappa shape index (κ3) is 4.60. The Morgan fingerprint density at radius 1 is 1.17 bits per heavy atom. The highest BCUT2D eigenvalue weighted by Crippen LogP contribution is 2.23. The van der Waals surface area contributed by atoms with Crippen LogP contribution in [0.25, 0.3) is 0 Å². The molecule has 0 radical (unpaired) electrons. The summed E-state index contributed by atoms with van der Waals surface area (Å²) in [6.07, 6.45) is 3.10. The van der Waals surface area contributed by atoms with E-state index in [9.17, 15) is 4.79 Å². The monoisotopic (exact) mass is 356 g/mol. The molecular weight excluding hydrogens is 335 g/mol. The minimum Gasteiger partial charge on any atom is -0.377 e. The zero-order valence-corrected chi connectivity index (χ0v) is 14.7. The van der Waals surface area contributed by atoms with Gasteiger partial charge < -0.3 is 9.64 Å². The Kier molecular flexibility index (Phi) is 5.81. The Morgan fingerprint density at radius 2 is 1.96 bits per heavy atom. The number of carbonyl (C=O) groups excluding carboxylic acids is 1. The first-order valence-corrected chi connectivity index (χ1v) is 8.93. The molecule has 0 spiro atoms. The molecule has 0 aromatic heterocycles. The van der Waals surface area contributed by atoms with Crippen LogP contribution in [0.1, 0.15) is 18.4 Å². The molecule has 0 unspecified atom stereocenters. The van der Waals surface area contributed by atoms with Crippen LogP contribution in [0.2, 0.25) is 10.0 Å². The van der Waals surface area contributed by atoms with Crippen molar-refractivity contribution < 1.29 is 9.53 Å². The molecule has 1 aromatic carbocycles. The van der Waals surface area contributed by atoms with Crippen LogP contribution in [-0.2, 0) is 16.0 Å². The summed E-state index contributed by atoms with van der Waals surface area (Å²) in [6.45, 7) is 5.31. The summed E-state index contributed by atoms with van der Waals surface area (Å²) in [4.78, 5) is 16.8. The van der Waals surface area contributed by atoms with Gasteiger partial charge >= 0.3 is 0 Å². The molecule has 2 saturated heterocycles. The molecule has 3 rings (SSSR count). The first-order chi connectivity index (χ1) is 11.1. The van der Waals surface area contributed by atoms with Crippen LogP contribution in [0.4, 0.5) is 0 Å². The average molecular weight is 357 g/mol. The summed E-state index contributed by atoms with van der Waals surface area (Å²) in [5.74, 6) is 0.153. The predicted octanol–water partition coefficient (Wildman–Crippen LogP) is 2.86. The fourth-order valence-corrected chi connectivity index (χ4v) is 3.51. The van der Waals surface area contributed by atoms with E-state index in [2.05, 4.69) is 4.90 Å². The maximum Gasteiger partial charge on any atom is 0.227 e. The van der Waals surface area contributed by atoms with Crippen LogP contribution in [0.3, 0.4) is 0 Å². The summed E-state index contributed by atoms with van der Waals surface area (Å²) in [7, 11) is 0. The normalized spacial score (nSPS) is 22.5. The van der Waals surface area contributed by atoms with Gasteiger partial charge in [-0.2, -0.15) is 0 Å². The van der Waals surface area contributed by atoms with Gasteiger partial charge in [-0.25, -0.2) is 0 Å². The van der Waals surface area contributed by atoms with Crippen molar-refractivity contribution >= 4 is 29.1 Å². The minimum atomic E-state index is 0.153. The SMILES string of the molecule is O=C(Cc1ccc(Cl)c(Cl)c1)N1CCN(C[C@@H]2CCCO2)CC1. The van der Waals surface area contributed by atoms with Crippen molar-refractivity contribution in [1.29, 1.82) is 0 Å². The molecule has 1 aromatic rings. The van der Waals surface area contributed by atoms with E-state index < -0.39 is 0 Å². The molecule has 0 saturated carbocycles. The van der Waals surface area contributed by atoms with Gasteiger partial charge in [0.05, 0.1) is 22.6 Å². The Hall–Kier alpha value is -0.810. The van der Waals surface area contributed by atoms with Gasteiger partial charge in [-0.1, -0.05) is 29.3 Å². The van der Waals surface area contributed by atoms with Gasteiger partial charge in [0.1, 0.15) is 0 Å². The molecular formula is C17H22Cl2N2O2. The zero-order chi connectivity index (χ0) is 16.2. The number of carbonyl (C=O) groups is 1. The molecule has 0 bridgehead atoms. The molecule has 2 aliphatic heterocycles. The third-order valence-electron chi connectivity index (χ3n) is 4.55. The number of benzene rings is 1. The van der Waals surface area contributed by atoms with Gasteiger partial charge in [0, 0.05) is 39.3 Å². The molecule has 2 fully saturated rings. The lowest BCUT2D eigenvalue weighted by atomic mass is 10.1. The number of nitrogens with zero attached hydrogens (tertiary/aromatic N) is 2. The van der Waals surface area contributed by atoms with Crippen LogP contribution in [-0.4, -0.2) is 61.1 Å². The van der Waals surface area contributed by atoms with Crippen LogP contribution in [0.15, 0.2) is 18.2 Å². The lowest BCUT2D eigenvalue weighted by Crippen LogP contribution is -2.50. The van der Waals surface area contributed by atoms with Crippen molar-refractivity contribution in [3.05, 3.63) is 33.8 Å². The number of rotatable bonds is 4. The molecule has 4 nitrogen and oxygen atoms in total. The molecule has 2 heterocycles. The fraction of sp³-hybridized carbons (Fsp3) is 0.588.